The van der Waals surface area contributed by atoms with Gasteiger partial charge in [-0.1, -0.05) is 32.0 Å². The van der Waals surface area contributed by atoms with Crippen molar-refractivity contribution in [2.75, 3.05) is 30.8 Å². The number of hydrogen-bond acceptors (Lipinski definition) is 7. The van der Waals surface area contributed by atoms with E-state index in [1.807, 2.05) is 31.1 Å². The number of para-hydroxylation sites is 1. The summed E-state index contributed by atoms with van der Waals surface area (Å²) in [6.07, 6.45) is 6.71. The number of carbonyl (C=O) groups excluding carboxylic acids is 2. The average molecular weight is 545 g/mol. The van der Waals surface area contributed by atoms with Crippen molar-refractivity contribution in [3.05, 3.63) is 52.3 Å². The van der Waals surface area contributed by atoms with Crippen molar-refractivity contribution in [2.24, 2.45) is 7.05 Å². The monoisotopic (exact) mass is 544 g/mol. The Bertz CT molecular complexity index is 1380. The summed E-state index contributed by atoms with van der Waals surface area (Å²) in [4.78, 5) is 37.5. The quantitative estimate of drug-likeness (QED) is 0.398. The highest BCUT2D eigenvalue weighted by Gasteiger charge is 2.30. The molecule has 3 N–H and O–H groups in total. The average Bonchev–Trinajstić information content (AvgIpc) is 3.33. The van der Waals surface area contributed by atoms with E-state index in [9.17, 15) is 9.59 Å². The van der Waals surface area contributed by atoms with Crippen LogP contribution in [0.25, 0.3) is 11.4 Å². The molecule has 10 heteroatoms. The number of likely N-dealkylation sites (N-methyl/N-ethyl adjacent to an activating group) is 1. The molecule has 2 amide bonds. The van der Waals surface area contributed by atoms with Gasteiger partial charge in [0.2, 0.25) is 11.9 Å². The topological polar surface area (TPSA) is 117 Å². The van der Waals surface area contributed by atoms with Gasteiger partial charge in [0.25, 0.3) is 5.91 Å². The van der Waals surface area contributed by atoms with Crippen LogP contribution in [0.1, 0.15) is 66.4 Å². The number of hydrogen-bond donors (Lipinski definition) is 3. The van der Waals surface area contributed by atoms with Gasteiger partial charge in [-0.25, -0.2) is 9.97 Å². The first-order valence-electron chi connectivity index (χ1n) is 14.4. The van der Waals surface area contributed by atoms with Crippen LogP contribution in [0.5, 0.6) is 0 Å². The van der Waals surface area contributed by atoms with Crippen molar-refractivity contribution in [3.8, 4) is 11.4 Å². The molecule has 3 aromatic rings. The molecule has 2 aliphatic rings. The van der Waals surface area contributed by atoms with Crippen molar-refractivity contribution in [1.82, 2.24) is 30.0 Å². The van der Waals surface area contributed by atoms with Gasteiger partial charge in [0.1, 0.15) is 0 Å². The minimum atomic E-state index is -0.183. The Morgan fingerprint density at radius 3 is 2.45 bits per heavy atom. The summed E-state index contributed by atoms with van der Waals surface area (Å²) in [7, 11) is 3.68. The number of likely N-dealkylation sites (tertiary alicyclic amines) is 1. The van der Waals surface area contributed by atoms with E-state index in [0.29, 0.717) is 31.2 Å². The largest absolute Gasteiger partial charge is 0.351 e. The Labute approximate surface area is 236 Å². The maximum atomic E-state index is 13.5. The lowest BCUT2D eigenvalue weighted by atomic mass is 9.93. The Balaban J connectivity index is 1.34. The van der Waals surface area contributed by atoms with Crippen LogP contribution in [0.3, 0.4) is 0 Å². The van der Waals surface area contributed by atoms with E-state index in [1.165, 1.54) is 0 Å². The summed E-state index contributed by atoms with van der Waals surface area (Å²) >= 11 is 0. The smallest absolute Gasteiger partial charge is 0.276 e. The number of benzene rings is 1. The van der Waals surface area contributed by atoms with Crippen LogP contribution in [0.4, 0.5) is 11.6 Å². The number of fused-ring (bicyclic) bond motifs is 3. The number of nitrogens with one attached hydrogen (secondary N) is 3. The molecule has 10 nitrogen and oxygen atoms in total. The zero-order valence-corrected chi connectivity index (χ0v) is 24.2. The molecule has 1 saturated heterocycles. The van der Waals surface area contributed by atoms with Crippen molar-refractivity contribution in [2.45, 2.75) is 71.4 Å². The maximum Gasteiger partial charge on any atom is 0.276 e. The second kappa shape index (κ2) is 11.8. The second-order valence-electron chi connectivity index (χ2n) is 10.7. The van der Waals surface area contributed by atoms with Gasteiger partial charge in [-0.3, -0.25) is 14.3 Å². The van der Waals surface area contributed by atoms with Crippen LogP contribution < -0.4 is 16.0 Å². The number of anilines is 2. The molecule has 1 atom stereocenters. The lowest BCUT2D eigenvalue weighted by Gasteiger charge is -2.34. The fourth-order valence-corrected chi connectivity index (χ4v) is 5.81. The van der Waals surface area contributed by atoms with Crippen LogP contribution in [-0.2, 0) is 37.5 Å². The van der Waals surface area contributed by atoms with Gasteiger partial charge < -0.3 is 20.9 Å². The van der Waals surface area contributed by atoms with Crippen molar-refractivity contribution < 1.29 is 9.59 Å². The normalized spacial score (nSPS) is 15.8. The summed E-state index contributed by atoms with van der Waals surface area (Å²) in [6, 6.07) is 6.19. The number of aromatic nitrogens is 4. The molecule has 1 aliphatic carbocycles. The molecular formula is C30H40N8O2. The third kappa shape index (κ3) is 5.32. The molecule has 0 bridgehead atoms. The highest BCUT2D eigenvalue weighted by Crippen LogP contribution is 2.35. The van der Waals surface area contributed by atoms with Crippen molar-refractivity contribution in [1.29, 1.82) is 0 Å². The highest BCUT2D eigenvalue weighted by atomic mass is 16.2. The molecule has 1 aliphatic heterocycles. The van der Waals surface area contributed by atoms with Gasteiger partial charge in [-0.05, 0) is 69.2 Å². The van der Waals surface area contributed by atoms with Gasteiger partial charge in [0.05, 0.1) is 17.4 Å². The van der Waals surface area contributed by atoms with E-state index in [4.69, 9.17) is 4.98 Å². The molecule has 5 rings (SSSR count). The number of aryl methyl sites for hydroxylation is 4. The van der Waals surface area contributed by atoms with Gasteiger partial charge >= 0.3 is 0 Å². The Morgan fingerprint density at radius 1 is 1.10 bits per heavy atom. The maximum absolute atomic E-state index is 13.5. The van der Waals surface area contributed by atoms with Crippen molar-refractivity contribution >= 4 is 23.5 Å². The molecular weight excluding hydrogens is 504 g/mol. The zero-order chi connectivity index (χ0) is 28.4. The molecule has 1 aromatic carbocycles. The number of amides is 2. The highest BCUT2D eigenvalue weighted by molar-refractivity contribution is 6.06. The molecule has 1 unspecified atom stereocenters. The molecule has 1 fully saturated rings. The Hall–Kier alpha value is -3.79. The summed E-state index contributed by atoms with van der Waals surface area (Å²) in [6.45, 7) is 7.50. The fraction of sp³-hybridized carbons (Fsp3) is 0.500. The number of nitrogens with zero attached hydrogens (tertiary/aromatic N) is 5. The summed E-state index contributed by atoms with van der Waals surface area (Å²) < 4.78 is 1.78. The first-order chi connectivity index (χ1) is 19.3. The third-order valence-corrected chi connectivity index (χ3v) is 8.27. The number of rotatable bonds is 8. The van der Waals surface area contributed by atoms with Gasteiger partial charge in [0.15, 0.2) is 5.69 Å². The van der Waals surface area contributed by atoms with Crippen LogP contribution >= 0.6 is 0 Å². The first-order valence-corrected chi connectivity index (χ1v) is 14.4. The Morgan fingerprint density at radius 2 is 1.80 bits per heavy atom. The van der Waals surface area contributed by atoms with E-state index >= 15 is 0 Å². The fourth-order valence-electron chi connectivity index (χ4n) is 5.81. The van der Waals surface area contributed by atoms with Crippen LogP contribution in [-0.4, -0.2) is 68.7 Å². The van der Waals surface area contributed by atoms with Crippen molar-refractivity contribution in [3.63, 3.8) is 0 Å². The van der Waals surface area contributed by atoms with Gasteiger partial charge in [0, 0.05) is 43.6 Å². The molecule has 0 spiro atoms. The van der Waals surface area contributed by atoms with Gasteiger partial charge in [-0.15, -0.1) is 0 Å². The van der Waals surface area contributed by atoms with E-state index in [1.54, 1.807) is 11.7 Å². The molecule has 40 heavy (non-hydrogen) atoms. The Kier molecular flexibility index (Phi) is 8.16. The lowest BCUT2D eigenvalue weighted by Crippen LogP contribution is -2.48. The van der Waals surface area contributed by atoms with E-state index < -0.39 is 0 Å². The molecule has 212 valence electrons. The van der Waals surface area contributed by atoms with E-state index in [-0.39, 0.29) is 23.9 Å². The number of piperidine rings is 1. The molecule has 2 aromatic heterocycles. The summed E-state index contributed by atoms with van der Waals surface area (Å²) in [5.74, 6) is 0.521. The van der Waals surface area contributed by atoms with Crippen LogP contribution in [0.15, 0.2) is 24.4 Å². The lowest BCUT2D eigenvalue weighted by molar-refractivity contribution is -0.133. The van der Waals surface area contributed by atoms with E-state index in [0.717, 1.165) is 71.4 Å². The standard InChI is InChI=1S/C30H40N8O2/c1-6-19-9-8-10-20(7-2)24(19)34-28(39)26-23-12-11-21-17-32-30(35-25(21)27(23)37(5)36-26)33-22-13-15-38(16-14-22)29(40)18(3)31-4/h8-10,17-18,22,31H,6-7,11-16H2,1-5H3,(H,34,39)(H,32,33,35). The molecule has 0 radical (unpaired) electrons. The first kappa shape index (κ1) is 27.8. The molecule has 0 saturated carbocycles. The SMILES string of the molecule is CCc1cccc(CC)c1NC(=O)c1nn(C)c2c1CCc1cnc(NC3CCN(C(=O)C(C)NC)CC3)nc1-2. The zero-order valence-electron chi connectivity index (χ0n) is 24.2. The third-order valence-electron chi connectivity index (χ3n) is 8.27. The minimum Gasteiger partial charge on any atom is -0.351 e. The van der Waals surface area contributed by atoms with Crippen LogP contribution in [0, 0.1) is 0 Å². The predicted octanol–water partition coefficient (Wildman–Crippen LogP) is 3.36. The van der Waals surface area contributed by atoms with Crippen LogP contribution in [0.2, 0.25) is 0 Å². The second-order valence-corrected chi connectivity index (χ2v) is 10.7. The summed E-state index contributed by atoms with van der Waals surface area (Å²) in [5, 5.41) is 14.4. The number of carbonyl (C=O) groups is 2. The minimum absolute atomic E-state index is 0.138. The van der Waals surface area contributed by atoms with E-state index in [2.05, 4.69) is 52.0 Å². The van der Waals surface area contributed by atoms with Gasteiger partial charge in [-0.2, -0.15) is 5.10 Å². The summed E-state index contributed by atoms with van der Waals surface area (Å²) in [5.41, 5.74) is 7.28. The molecule has 3 heterocycles. The predicted molar refractivity (Wildman–Crippen MR) is 157 cm³/mol.